The summed E-state index contributed by atoms with van der Waals surface area (Å²) in [6.07, 6.45) is 5.74. The van der Waals surface area contributed by atoms with Gasteiger partial charge in [-0.05, 0) is 30.7 Å². The summed E-state index contributed by atoms with van der Waals surface area (Å²) in [5.41, 5.74) is 1.23. The van der Waals surface area contributed by atoms with E-state index in [4.69, 9.17) is 0 Å². The molecule has 2 aromatic rings. The molecule has 4 heteroatoms. The van der Waals surface area contributed by atoms with E-state index in [-0.39, 0.29) is 17.9 Å². The number of amides is 1. The number of aromatic nitrogens is 1. The van der Waals surface area contributed by atoms with Gasteiger partial charge in [0.2, 0.25) is 5.91 Å². The van der Waals surface area contributed by atoms with Crippen molar-refractivity contribution >= 4 is 17.2 Å². The molecular formula is C18H22N2OS. The maximum Gasteiger partial charge on any atom is 0.223 e. The Balaban J connectivity index is 1.70. The molecule has 2 atom stereocenters. The van der Waals surface area contributed by atoms with E-state index in [1.165, 1.54) is 12.0 Å². The molecule has 0 N–H and O–H groups in total. The molecule has 2 heterocycles. The lowest BCUT2D eigenvalue weighted by Crippen LogP contribution is -2.38. The number of carbonyl (C=O) groups is 1. The monoisotopic (exact) mass is 314 g/mol. The zero-order chi connectivity index (χ0) is 15.4. The second-order valence-electron chi connectivity index (χ2n) is 5.98. The molecule has 1 aromatic heterocycles. The number of thiazole rings is 1. The minimum atomic E-state index is 0.184. The van der Waals surface area contributed by atoms with Crippen LogP contribution in [0.3, 0.4) is 0 Å². The van der Waals surface area contributed by atoms with Crippen LogP contribution in [0.2, 0.25) is 0 Å². The topological polar surface area (TPSA) is 33.2 Å². The van der Waals surface area contributed by atoms with Crippen molar-refractivity contribution in [3.8, 4) is 0 Å². The van der Waals surface area contributed by atoms with Crippen LogP contribution in [-0.4, -0.2) is 22.3 Å². The number of benzene rings is 1. The van der Waals surface area contributed by atoms with E-state index in [1.54, 1.807) is 11.3 Å². The molecular weight excluding hydrogens is 292 g/mol. The van der Waals surface area contributed by atoms with E-state index >= 15 is 0 Å². The molecule has 1 aliphatic heterocycles. The van der Waals surface area contributed by atoms with E-state index in [2.05, 4.69) is 28.9 Å². The van der Waals surface area contributed by atoms with Crippen LogP contribution >= 0.6 is 11.3 Å². The lowest BCUT2D eigenvalue weighted by Gasteiger charge is -2.35. The van der Waals surface area contributed by atoms with Crippen molar-refractivity contribution in [2.24, 2.45) is 0 Å². The second-order valence-corrected chi connectivity index (χ2v) is 6.91. The third-order valence-electron chi connectivity index (χ3n) is 4.41. The Bertz CT molecular complexity index is 597. The lowest BCUT2D eigenvalue weighted by molar-refractivity contribution is -0.135. The molecule has 1 aliphatic rings. The van der Waals surface area contributed by atoms with Crippen LogP contribution in [0.25, 0.3) is 0 Å². The fourth-order valence-electron chi connectivity index (χ4n) is 3.16. The fraction of sp³-hybridized carbons (Fsp3) is 0.444. The Morgan fingerprint density at radius 1 is 1.36 bits per heavy atom. The molecule has 1 saturated heterocycles. The van der Waals surface area contributed by atoms with Gasteiger partial charge in [0.25, 0.3) is 0 Å². The lowest BCUT2D eigenvalue weighted by atomic mass is 9.95. The molecule has 22 heavy (non-hydrogen) atoms. The van der Waals surface area contributed by atoms with Crippen molar-refractivity contribution in [3.05, 3.63) is 52.5 Å². The van der Waals surface area contributed by atoms with E-state index in [1.807, 2.05) is 29.8 Å². The van der Waals surface area contributed by atoms with E-state index < -0.39 is 0 Å². The summed E-state index contributed by atoms with van der Waals surface area (Å²) >= 11 is 1.66. The van der Waals surface area contributed by atoms with Gasteiger partial charge in [0.05, 0.1) is 6.04 Å². The Morgan fingerprint density at radius 2 is 2.18 bits per heavy atom. The van der Waals surface area contributed by atoms with Crippen LogP contribution in [0, 0.1) is 0 Å². The highest BCUT2D eigenvalue weighted by molar-refractivity contribution is 7.09. The first-order chi connectivity index (χ1) is 10.8. The fourth-order valence-corrected chi connectivity index (χ4v) is 3.95. The molecule has 0 unspecified atom stereocenters. The van der Waals surface area contributed by atoms with Crippen molar-refractivity contribution in [3.63, 3.8) is 0 Å². The summed E-state index contributed by atoms with van der Waals surface area (Å²) in [6, 6.07) is 10.5. The Kier molecular flexibility index (Phi) is 4.88. The van der Waals surface area contributed by atoms with Crippen LogP contribution in [-0.2, 0) is 4.79 Å². The molecule has 1 aromatic carbocycles. The van der Waals surface area contributed by atoms with Crippen molar-refractivity contribution in [2.75, 3.05) is 6.54 Å². The molecule has 116 valence electrons. The Morgan fingerprint density at radius 3 is 2.91 bits per heavy atom. The average molecular weight is 314 g/mol. The molecule has 0 radical (unpaired) electrons. The van der Waals surface area contributed by atoms with E-state index in [0.717, 1.165) is 24.4 Å². The molecule has 3 nitrogen and oxygen atoms in total. The van der Waals surface area contributed by atoms with Gasteiger partial charge in [-0.25, -0.2) is 4.98 Å². The standard InChI is InChI=1S/C18H22N2OS/c1-14(15-7-3-2-4-8-15)13-17(21)20-11-6-5-9-16(20)18-19-10-12-22-18/h2-4,7-8,10,12,14,16H,5-6,9,11,13H2,1H3/t14-,16+/m0/s1. The average Bonchev–Trinajstić information content (AvgIpc) is 3.10. The smallest absolute Gasteiger partial charge is 0.223 e. The highest BCUT2D eigenvalue weighted by Gasteiger charge is 2.30. The van der Waals surface area contributed by atoms with Crippen LogP contribution in [0.4, 0.5) is 0 Å². The minimum absolute atomic E-state index is 0.184. The van der Waals surface area contributed by atoms with Crippen LogP contribution < -0.4 is 0 Å². The van der Waals surface area contributed by atoms with Gasteiger partial charge in [-0.1, -0.05) is 37.3 Å². The first-order valence-corrected chi connectivity index (χ1v) is 8.87. The largest absolute Gasteiger partial charge is 0.333 e. The maximum atomic E-state index is 12.8. The summed E-state index contributed by atoms with van der Waals surface area (Å²) in [6.45, 7) is 3.00. The van der Waals surface area contributed by atoms with Gasteiger partial charge in [-0.15, -0.1) is 11.3 Å². The van der Waals surface area contributed by atoms with Gasteiger partial charge in [0, 0.05) is 24.5 Å². The number of piperidine rings is 1. The number of hydrogen-bond donors (Lipinski definition) is 0. The van der Waals surface area contributed by atoms with Crippen molar-refractivity contribution in [1.82, 2.24) is 9.88 Å². The van der Waals surface area contributed by atoms with Crippen molar-refractivity contribution < 1.29 is 4.79 Å². The zero-order valence-corrected chi connectivity index (χ0v) is 13.8. The second kappa shape index (κ2) is 7.05. The van der Waals surface area contributed by atoms with E-state index in [9.17, 15) is 4.79 Å². The Labute approximate surface area is 136 Å². The molecule has 1 fully saturated rings. The zero-order valence-electron chi connectivity index (χ0n) is 12.9. The Hall–Kier alpha value is -1.68. The number of likely N-dealkylation sites (tertiary alicyclic amines) is 1. The molecule has 0 spiro atoms. The predicted molar refractivity (Wildman–Crippen MR) is 89.9 cm³/mol. The minimum Gasteiger partial charge on any atom is -0.333 e. The quantitative estimate of drug-likeness (QED) is 0.838. The van der Waals surface area contributed by atoms with Crippen molar-refractivity contribution in [2.45, 2.75) is 44.6 Å². The van der Waals surface area contributed by atoms with Gasteiger partial charge in [0.15, 0.2) is 0 Å². The van der Waals surface area contributed by atoms with Gasteiger partial charge in [-0.3, -0.25) is 4.79 Å². The number of rotatable bonds is 4. The van der Waals surface area contributed by atoms with Crippen LogP contribution in [0.15, 0.2) is 41.9 Å². The van der Waals surface area contributed by atoms with Gasteiger partial charge >= 0.3 is 0 Å². The van der Waals surface area contributed by atoms with E-state index in [0.29, 0.717) is 6.42 Å². The molecule has 0 bridgehead atoms. The number of hydrogen-bond acceptors (Lipinski definition) is 3. The number of carbonyl (C=O) groups excluding carboxylic acids is 1. The summed E-state index contributed by atoms with van der Waals surface area (Å²) in [5.74, 6) is 0.517. The third-order valence-corrected chi connectivity index (χ3v) is 5.29. The summed E-state index contributed by atoms with van der Waals surface area (Å²) in [7, 11) is 0. The first kappa shape index (κ1) is 15.2. The molecule has 1 amide bonds. The van der Waals surface area contributed by atoms with Crippen molar-refractivity contribution in [1.29, 1.82) is 0 Å². The molecule has 0 aliphatic carbocycles. The predicted octanol–water partition coefficient (Wildman–Crippen LogP) is 4.39. The van der Waals surface area contributed by atoms with Gasteiger partial charge in [0.1, 0.15) is 5.01 Å². The maximum absolute atomic E-state index is 12.8. The SMILES string of the molecule is C[C@@H](CC(=O)N1CCCC[C@@H]1c1nccs1)c1ccccc1. The van der Waals surface area contributed by atoms with Gasteiger partial charge < -0.3 is 4.90 Å². The molecule has 3 rings (SSSR count). The van der Waals surface area contributed by atoms with Crippen LogP contribution in [0.1, 0.15) is 55.1 Å². The normalized spacial score (nSPS) is 19.9. The number of nitrogens with zero attached hydrogens (tertiary/aromatic N) is 2. The van der Waals surface area contributed by atoms with Gasteiger partial charge in [-0.2, -0.15) is 0 Å². The summed E-state index contributed by atoms with van der Waals surface area (Å²) < 4.78 is 0. The third kappa shape index (κ3) is 3.38. The summed E-state index contributed by atoms with van der Waals surface area (Å²) in [4.78, 5) is 19.3. The van der Waals surface area contributed by atoms with Crippen LogP contribution in [0.5, 0.6) is 0 Å². The summed E-state index contributed by atoms with van der Waals surface area (Å²) in [5, 5.41) is 3.08. The first-order valence-electron chi connectivity index (χ1n) is 7.99. The molecule has 0 saturated carbocycles. The highest BCUT2D eigenvalue weighted by atomic mass is 32.1. The highest BCUT2D eigenvalue weighted by Crippen LogP contribution is 2.33.